The first kappa shape index (κ1) is 11.2. The van der Waals surface area contributed by atoms with Gasteiger partial charge in [0.25, 0.3) is 0 Å². The summed E-state index contributed by atoms with van der Waals surface area (Å²) in [7, 11) is 0. The molecule has 0 atom stereocenters. The van der Waals surface area contributed by atoms with Crippen LogP contribution in [-0.2, 0) is 4.79 Å². The molecule has 0 aliphatic rings. The van der Waals surface area contributed by atoms with Crippen LogP contribution in [0.3, 0.4) is 0 Å². The highest BCUT2D eigenvalue weighted by Gasteiger charge is 2.05. The van der Waals surface area contributed by atoms with Crippen molar-refractivity contribution in [1.29, 1.82) is 0 Å². The van der Waals surface area contributed by atoms with E-state index in [1.165, 1.54) is 12.1 Å². The first-order valence-electron chi connectivity index (χ1n) is 3.56. The van der Waals surface area contributed by atoms with Crippen molar-refractivity contribution >= 4 is 39.6 Å². The standard InChI is InChI=1S/C9H5BrClFO2/c10-7-4-6(12)3-5(9(7)11)1-2-8(13)14/h1-4H,(H,13,14)/b2-1+. The van der Waals surface area contributed by atoms with Gasteiger partial charge in [0.15, 0.2) is 0 Å². The van der Waals surface area contributed by atoms with E-state index in [4.69, 9.17) is 16.7 Å². The number of rotatable bonds is 2. The molecule has 2 nitrogen and oxygen atoms in total. The Hall–Kier alpha value is -0.870. The van der Waals surface area contributed by atoms with Crippen LogP contribution in [0.1, 0.15) is 5.56 Å². The van der Waals surface area contributed by atoms with Crippen molar-refractivity contribution in [3.05, 3.63) is 39.1 Å². The van der Waals surface area contributed by atoms with Crippen LogP contribution in [-0.4, -0.2) is 11.1 Å². The molecule has 0 spiro atoms. The fraction of sp³-hybridized carbons (Fsp3) is 0. The van der Waals surface area contributed by atoms with Gasteiger partial charge in [0, 0.05) is 10.5 Å². The molecule has 0 heterocycles. The lowest BCUT2D eigenvalue weighted by Crippen LogP contribution is -1.87. The number of carbonyl (C=O) groups is 1. The first-order valence-corrected chi connectivity index (χ1v) is 4.73. The minimum atomic E-state index is -1.11. The van der Waals surface area contributed by atoms with Crippen LogP contribution in [0, 0.1) is 5.82 Å². The maximum absolute atomic E-state index is 12.9. The van der Waals surface area contributed by atoms with Gasteiger partial charge in [-0.1, -0.05) is 11.6 Å². The van der Waals surface area contributed by atoms with Crippen LogP contribution in [0.15, 0.2) is 22.7 Å². The third kappa shape index (κ3) is 2.82. The highest BCUT2D eigenvalue weighted by atomic mass is 79.9. The van der Waals surface area contributed by atoms with E-state index in [2.05, 4.69) is 15.9 Å². The van der Waals surface area contributed by atoms with Gasteiger partial charge >= 0.3 is 5.97 Å². The molecule has 0 saturated carbocycles. The highest BCUT2D eigenvalue weighted by Crippen LogP contribution is 2.28. The molecule has 0 radical (unpaired) electrons. The quantitative estimate of drug-likeness (QED) is 0.666. The predicted octanol–water partition coefficient (Wildman–Crippen LogP) is 3.34. The lowest BCUT2D eigenvalue weighted by Gasteiger charge is -2.00. The zero-order valence-corrected chi connectivity index (χ0v) is 9.14. The lowest BCUT2D eigenvalue weighted by atomic mass is 10.2. The molecule has 74 valence electrons. The molecule has 1 N–H and O–H groups in total. The normalized spacial score (nSPS) is 10.8. The summed E-state index contributed by atoms with van der Waals surface area (Å²) in [6.07, 6.45) is 2.13. The summed E-state index contributed by atoms with van der Waals surface area (Å²) in [6, 6.07) is 2.37. The van der Waals surface area contributed by atoms with E-state index in [-0.39, 0.29) is 5.02 Å². The summed E-state index contributed by atoms with van der Waals surface area (Å²) >= 11 is 8.84. The maximum Gasteiger partial charge on any atom is 0.328 e. The van der Waals surface area contributed by atoms with Crippen LogP contribution < -0.4 is 0 Å². The Kier molecular flexibility index (Phi) is 3.66. The predicted molar refractivity (Wildman–Crippen MR) is 55.8 cm³/mol. The zero-order valence-electron chi connectivity index (χ0n) is 6.80. The van der Waals surface area contributed by atoms with Gasteiger partial charge in [-0.3, -0.25) is 0 Å². The van der Waals surface area contributed by atoms with Gasteiger partial charge in [0.05, 0.1) is 5.02 Å². The van der Waals surface area contributed by atoms with Gasteiger partial charge in [0.1, 0.15) is 5.82 Å². The summed E-state index contributed by atoms with van der Waals surface area (Å²) < 4.78 is 13.3. The van der Waals surface area contributed by atoms with Crippen LogP contribution >= 0.6 is 27.5 Å². The average Bonchev–Trinajstić information content (AvgIpc) is 2.08. The summed E-state index contributed by atoms with van der Waals surface area (Å²) in [5.41, 5.74) is 0.320. The van der Waals surface area contributed by atoms with Gasteiger partial charge in [-0.25, -0.2) is 9.18 Å². The van der Waals surface area contributed by atoms with Crippen molar-refractivity contribution < 1.29 is 14.3 Å². The molecule has 5 heteroatoms. The summed E-state index contributed by atoms with van der Waals surface area (Å²) in [6.45, 7) is 0. The number of benzene rings is 1. The number of halogens is 3. The number of aliphatic carboxylic acids is 1. The van der Waals surface area contributed by atoms with E-state index in [0.29, 0.717) is 10.0 Å². The van der Waals surface area contributed by atoms with E-state index in [1.54, 1.807) is 0 Å². The molecule has 0 aliphatic carbocycles. The Balaban J connectivity index is 3.14. The van der Waals surface area contributed by atoms with Gasteiger partial charge < -0.3 is 5.11 Å². The minimum Gasteiger partial charge on any atom is -0.478 e. The SMILES string of the molecule is O=C(O)/C=C/c1cc(F)cc(Br)c1Cl. The van der Waals surface area contributed by atoms with Gasteiger partial charge in [-0.05, 0) is 39.7 Å². The second kappa shape index (κ2) is 4.57. The van der Waals surface area contributed by atoms with Gasteiger partial charge in [-0.2, -0.15) is 0 Å². The number of carboxylic acids is 1. The van der Waals surface area contributed by atoms with E-state index in [0.717, 1.165) is 12.1 Å². The van der Waals surface area contributed by atoms with Gasteiger partial charge in [-0.15, -0.1) is 0 Å². The van der Waals surface area contributed by atoms with E-state index in [1.807, 2.05) is 0 Å². The Morgan fingerprint density at radius 3 is 2.79 bits per heavy atom. The molecule has 1 rings (SSSR count). The molecular formula is C9H5BrClFO2. The second-order valence-electron chi connectivity index (χ2n) is 2.46. The highest BCUT2D eigenvalue weighted by molar-refractivity contribution is 9.10. The number of hydrogen-bond donors (Lipinski definition) is 1. The number of hydrogen-bond acceptors (Lipinski definition) is 1. The van der Waals surface area contributed by atoms with E-state index in [9.17, 15) is 9.18 Å². The van der Waals surface area contributed by atoms with Crippen molar-refractivity contribution in [2.75, 3.05) is 0 Å². The zero-order chi connectivity index (χ0) is 10.7. The van der Waals surface area contributed by atoms with E-state index < -0.39 is 11.8 Å². The molecule has 1 aromatic rings. The fourth-order valence-electron chi connectivity index (χ4n) is 0.858. The molecule has 0 saturated heterocycles. The molecule has 0 bridgehead atoms. The minimum absolute atomic E-state index is 0.281. The molecule has 0 aliphatic heterocycles. The third-order valence-corrected chi connectivity index (χ3v) is 2.70. The molecule has 0 fully saturated rings. The largest absolute Gasteiger partial charge is 0.478 e. The fourth-order valence-corrected chi connectivity index (χ4v) is 1.48. The third-order valence-electron chi connectivity index (χ3n) is 1.43. The number of carboxylic acid groups (broad SMARTS) is 1. The van der Waals surface area contributed by atoms with Crippen molar-refractivity contribution in [2.24, 2.45) is 0 Å². The Bertz CT molecular complexity index is 404. The Morgan fingerprint density at radius 2 is 2.21 bits per heavy atom. The van der Waals surface area contributed by atoms with Crippen LogP contribution in [0.5, 0.6) is 0 Å². The van der Waals surface area contributed by atoms with Crippen LogP contribution in [0.4, 0.5) is 4.39 Å². The lowest BCUT2D eigenvalue weighted by molar-refractivity contribution is -0.131. The average molecular weight is 279 g/mol. The monoisotopic (exact) mass is 278 g/mol. The molecule has 14 heavy (non-hydrogen) atoms. The maximum atomic E-state index is 12.9. The summed E-state index contributed by atoms with van der Waals surface area (Å²) in [5.74, 6) is -1.59. The molecule has 1 aromatic carbocycles. The van der Waals surface area contributed by atoms with Crippen molar-refractivity contribution in [1.82, 2.24) is 0 Å². The first-order chi connectivity index (χ1) is 6.50. The summed E-state index contributed by atoms with van der Waals surface area (Å²) in [5, 5.41) is 8.65. The molecule has 0 amide bonds. The van der Waals surface area contributed by atoms with Crippen LogP contribution in [0.25, 0.3) is 6.08 Å². The van der Waals surface area contributed by atoms with Crippen molar-refractivity contribution in [3.8, 4) is 0 Å². The molecule has 0 unspecified atom stereocenters. The van der Waals surface area contributed by atoms with Crippen molar-refractivity contribution in [3.63, 3.8) is 0 Å². The van der Waals surface area contributed by atoms with E-state index >= 15 is 0 Å². The van der Waals surface area contributed by atoms with Crippen molar-refractivity contribution in [2.45, 2.75) is 0 Å². The Morgan fingerprint density at radius 1 is 1.57 bits per heavy atom. The molecule has 0 aromatic heterocycles. The summed E-state index contributed by atoms with van der Waals surface area (Å²) in [4.78, 5) is 10.2. The smallest absolute Gasteiger partial charge is 0.328 e. The van der Waals surface area contributed by atoms with Crippen LogP contribution in [0.2, 0.25) is 5.02 Å². The Labute approximate surface area is 93.1 Å². The van der Waals surface area contributed by atoms with Gasteiger partial charge in [0.2, 0.25) is 0 Å². The topological polar surface area (TPSA) is 37.3 Å². The molecular weight excluding hydrogens is 274 g/mol. The second-order valence-corrected chi connectivity index (χ2v) is 3.69.